The van der Waals surface area contributed by atoms with Crippen LogP contribution in [0.4, 0.5) is 0 Å². The number of rotatable bonds is 6. The molecule has 0 saturated carbocycles. The maximum absolute atomic E-state index is 5.99. The lowest BCUT2D eigenvalue weighted by atomic mass is 10.2. The third kappa shape index (κ3) is 3.90. The first kappa shape index (κ1) is 15.6. The molecular formula is C18H17ClN2O2. The number of nitrogens with zero attached hydrogens (tertiary/aromatic N) is 2. The van der Waals surface area contributed by atoms with Gasteiger partial charge in [-0.1, -0.05) is 23.7 Å². The van der Waals surface area contributed by atoms with Gasteiger partial charge in [0.05, 0.1) is 24.1 Å². The molecule has 0 N–H and O–H groups in total. The van der Waals surface area contributed by atoms with Crippen molar-refractivity contribution in [1.29, 1.82) is 0 Å². The largest absolute Gasteiger partial charge is 0.493 e. The Bertz CT molecular complexity index is 803. The maximum Gasteiger partial charge on any atom is 0.224 e. The van der Waals surface area contributed by atoms with E-state index in [9.17, 15) is 0 Å². The Morgan fingerprint density at radius 1 is 1.00 bits per heavy atom. The van der Waals surface area contributed by atoms with Gasteiger partial charge in [0.25, 0.3) is 0 Å². The molecule has 0 aliphatic carbocycles. The highest BCUT2D eigenvalue weighted by Crippen LogP contribution is 2.22. The van der Waals surface area contributed by atoms with E-state index in [-0.39, 0.29) is 0 Å². The molecule has 3 aromatic rings. The number of aromatic nitrogens is 2. The van der Waals surface area contributed by atoms with Crippen molar-refractivity contribution in [2.24, 2.45) is 0 Å². The van der Waals surface area contributed by atoms with Gasteiger partial charge in [-0.2, -0.15) is 0 Å². The van der Waals surface area contributed by atoms with Crippen LogP contribution in [-0.4, -0.2) is 23.2 Å². The maximum atomic E-state index is 5.99. The Kier molecular flexibility index (Phi) is 4.93. The molecule has 1 aromatic heterocycles. The van der Waals surface area contributed by atoms with Crippen LogP contribution in [-0.2, 0) is 0 Å². The zero-order valence-corrected chi connectivity index (χ0v) is 13.6. The number of hydrogen-bond donors (Lipinski definition) is 0. The van der Waals surface area contributed by atoms with Gasteiger partial charge in [-0.3, -0.25) is 0 Å². The summed E-state index contributed by atoms with van der Waals surface area (Å²) in [4.78, 5) is 8.41. The van der Waals surface area contributed by atoms with Crippen molar-refractivity contribution >= 4 is 22.5 Å². The molecule has 0 amide bonds. The minimum absolute atomic E-state index is 0.535. The molecule has 0 atom stereocenters. The molecule has 5 heteroatoms. The quantitative estimate of drug-likeness (QED) is 0.627. The average molecular weight is 329 g/mol. The van der Waals surface area contributed by atoms with Gasteiger partial charge in [0, 0.05) is 11.4 Å². The Hall–Kier alpha value is -2.33. The van der Waals surface area contributed by atoms with Gasteiger partial charge in [0.2, 0.25) is 5.88 Å². The minimum Gasteiger partial charge on any atom is -0.493 e. The van der Waals surface area contributed by atoms with Gasteiger partial charge in [-0.05, 0) is 42.8 Å². The summed E-state index contributed by atoms with van der Waals surface area (Å²) in [6.07, 6.45) is 2.28. The van der Waals surface area contributed by atoms with E-state index in [0.717, 1.165) is 33.7 Å². The smallest absolute Gasteiger partial charge is 0.224 e. The first-order valence-electron chi connectivity index (χ1n) is 7.45. The molecular weight excluding hydrogens is 312 g/mol. The van der Waals surface area contributed by atoms with E-state index in [2.05, 4.69) is 9.97 Å². The van der Waals surface area contributed by atoms with Crippen molar-refractivity contribution in [2.75, 3.05) is 13.2 Å². The SMILES string of the molecule is Cc1cc(OCCCOc2ncnc3ccccc23)ccc1Cl. The van der Waals surface area contributed by atoms with E-state index < -0.39 is 0 Å². The number of benzene rings is 2. The fraction of sp³-hybridized carbons (Fsp3) is 0.222. The predicted octanol–water partition coefficient (Wildman–Crippen LogP) is 4.44. The van der Waals surface area contributed by atoms with Gasteiger partial charge in [0.1, 0.15) is 12.1 Å². The molecule has 1 heterocycles. The fourth-order valence-electron chi connectivity index (χ4n) is 2.22. The van der Waals surface area contributed by atoms with E-state index in [1.807, 2.05) is 49.4 Å². The van der Waals surface area contributed by atoms with Crippen molar-refractivity contribution in [3.63, 3.8) is 0 Å². The van der Waals surface area contributed by atoms with Crippen LogP contribution in [0.2, 0.25) is 5.02 Å². The zero-order chi connectivity index (χ0) is 16.1. The molecule has 0 fully saturated rings. The van der Waals surface area contributed by atoms with E-state index >= 15 is 0 Å². The van der Waals surface area contributed by atoms with E-state index in [4.69, 9.17) is 21.1 Å². The normalized spacial score (nSPS) is 10.7. The summed E-state index contributed by atoms with van der Waals surface area (Å²) in [5.41, 5.74) is 1.89. The van der Waals surface area contributed by atoms with Gasteiger partial charge < -0.3 is 9.47 Å². The average Bonchev–Trinajstić information content (AvgIpc) is 2.58. The van der Waals surface area contributed by atoms with E-state index in [0.29, 0.717) is 19.1 Å². The molecule has 4 nitrogen and oxygen atoms in total. The van der Waals surface area contributed by atoms with Crippen LogP contribution >= 0.6 is 11.6 Å². The minimum atomic E-state index is 0.535. The fourth-order valence-corrected chi connectivity index (χ4v) is 2.34. The molecule has 118 valence electrons. The predicted molar refractivity (Wildman–Crippen MR) is 91.3 cm³/mol. The molecule has 0 unspecified atom stereocenters. The van der Waals surface area contributed by atoms with Crippen molar-refractivity contribution in [1.82, 2.24) is 9.97 Å². The molecule has 3 rings (SSSR count). The van der Waals surface area contributed by atoms with Crippen molar-refractivity contribution < 1.29 is 9.47 Å². The number of aryl methyl sites for hydroxylation is 1. The molecule has 0 radical (unpaired) electrons. The number of ether oxygens (including phenoxy) is 2. The summed E-state index contributed by atoms with van der Waals surface area (Å²) in [5, 5.41) is 1.67. The highest BCUT2D eigenvalue weighted by atomic mass is 35.5. The summed E-state index contributed by atoms with van der Waals surface area (Å²) in [6.45, 7) is 3.07. The summed E-state index contributed by atoms with van der Waals surface area (Å²) in [7, 11) is 0. The van der Waals surface area contributed by atoms with Crippen molar-refractivity contribution in [3.05, 3.63) is 59.4 Å². The second-order valence-electron chi connectivity index (χ2n) is 5.16. The molecule has 23 heavy (non-hydrogen) atoms. The Balaban J connectivity index is 1.50. The molecule has 0 bridgehead atoms. The topological polar surface area (TPSA) is 44.2 Å². The Morgan fingerprint density at radius 2 is 1.83 bits per heavy atom. The number of halogens is 1. The zero-order valence-electron chi connectivity index (χ0n) is 12.8. The van der Waals surface area contributed by atoms with Gasteiger partial charge in [-0.25, -0.2) is 9.97 Å². The number of hydrogen-bond acceptors (Lipinski definition) is 4. The highest BCUT2D eigenvalue weighted by Gasteiger charge is 2.04. The summed E-state index contributed by atoms with van der Waals surface area (Å²) >= 11 is 5.99. The number of para-hydroxylation sites is 1. The monoisotopic (exact) mass is 328 g/mol. The Labute approximate surface area is 140 Å². The summed E-state index contributed by atoms with van der Waals surface area (Å²) < 4.78 is 11.4. The van der Waals surface area contributed by atoms with Crippen molar-refractivity contribution in [2.45, 2.75) is 13.3 Å². The lowest BCUT2D eigenvalue weighted by Gasteiger charge is -2.09. The molecule has 0 saturated heterocycles. The van der Waals surface area contributed by atoms with Crippen LogP contribution in [0.25, 0.3) is 10.9 Å². The summed E-state index contributed by atoms with van der Waals surface area (Å²) in [6, 6.07) is 13.4. The molecule has 0 aliphatic rings. The highest BCUT2D eigenvalue weighted by molar-refractivity contribution is 6.31. The van der Waals surface area contributed by atoms with Crippen LogP contribution in [0.15, 0.2) is 48.8 Å². The van der Waals surface area contributed by atoms with Gasteiger partial charge in [0.15, 0.2) is 0 Å². The van der Waals surface area contributed by atoms with Crippen LogP contribution < -0.4 is 9.47 Å². The molecule has 0 aliphatic heterocycles. The van der Waals surface area contributed by atoms with Crippen molar-refractivity contribution in [3.8, 4) is 11.6 Å². The van der Waals surface area contributed by atoms with Crippen LogP contribution in [0.5, 0.6) is 11.6 Å². The third-order valence-corrected chi connectivity index (χ3v) is 3.86. The van der Waals surface area contributed by atoms with Gasteiger partial charge >= 0.3 is 0 Å². The standard InChI is InChI=1S/C18H17ClN2O2/c1-13-11-14(7-8-16(13)19)22-9-4-10-23-18-15-5-2-3-6-17(15)20-12-21-18/h2-3,5-8,11-12H,4,9-10H2,1H3. The van der Waals surface area contributed by atoms with Crippen LogP contribution in [0, 0.1) is 6.92 Å². The first-order valence-corrected chi connectivity index (χ1v) is 7.83. The lowest BCUT2D eigenvalue weighted by molar-refractivity contribution is 0.244. The first-order chi connectivity index (χ1) is 11.2. The molecule has 0 spiro atoms. The second-order valence-corrected chi connectivity index (χ2v) is 5.56. The summed E-state index contributed by atoms with van der Waals surface area (Å²) in [5.74, 6) is 1.43. The van der Waals surface area contributed by atoms with Gasteiger partial charge in [-0.15, -0.1) is 0 Å². The van der Waals surface area contributed by atoms with E-state index in [1.165, 1.54) is 6.33 Å². The second kappa shape index (κ2) is 7.29. The molecule has 2 aromatic carbocycles. The Morgan fingerprint density at radius 3 is 2.70 bits per heavy atom. The van der Waals surface area contributed by atoms with Crippen LogP contribution in [0.3, 0.4) is 0 Å². The third-order valence-electron chi connectivity index (χ3n) is 3.43. The lowest BCUT2D eigenvalue weighted by Crippen LogP contribution is -2.06. The van der Waals surface area contributed by atoms with E-state index in [1.54, 1.807) is 0 Å². The van der Waals surface area contributed by atoms with Crippen LogP contribution in [0.1, 0.15) is 12.0 Å². The number of fused-ring (bicyclic) bond motifs is 1.